The van der Waals surface area contributed by atoms with Gasteiger partial charge in [-0.05, 0) is 31.0 Å². The minimum absolute atomic E-state index is 0.0788. The molecule has 0 heterocycles. The highest BCUT2D eigenvalue weighted by molar-refractivity contribution is 6.51. The first kappa shape index (κ1) is 15.7. The summed E-state index contributed by atoms with van der Waals surface area (Å²) in [5, 5.41) is 0.621. The summed E-state index contributed by atoms with van der Waals surface area (Å²) in [6.07, 6.45) is 0. The van der Waals surface area contributed by atoms with Crippen LogP contribution >= 0.6 is 46.4 Å². The molecule has 0 spiro atoms. The monoisotopic (exact) mass is 346 g/mol. The summed E-state index contributed by atoms with van der Waals surface area (Å²) in [5.41, 5.74) is 2.63. The molecule has 0 aliphatic rings. The minimum atomic E-state index is -0.264. The highest BCUT2D eigenvalue weighted by atomic mass is 35.5. The van der Waals surface area contributed by atoms with Crippen LogP contribution in [0.15, 0.2) is 24.3 Å². The van der Waals surface area contributed by atoms with Gasteiger partial charge in [-0.3, -0.25) is 4.79 Å². The van der Waals surface area contributed by atoms with Gasteiger partial charge in [0.2, 0.25) is 0 Å². The van der Waals surface area contributed by atoms with E-state index >= 15 is 0 Å². The number of halogens is 4. The molecule has 5 heteroatoms. The first-order valence-corrected chi connectivity index (χ1v) is 7.29. The molecule has 20 heavy (non-hydrogen) atoms. The van der Waals surface area contributed by atoms with Crippen molar-refractivity contribution in [3.05, 3.63) is 66.6 Å². The lowest BCUT2D eigenvalue weighted by atomic mass is 9.96. The number of benzene rings is 2. The summed E-state index contributed by atoms with van der Waals surface area (Å²) < 4.78 is 0. The quantitative estimate of drug-likeness (QED) is 0.362. The van der Waals surface area contributed by atoms with E-state index in [9.17, 15) is 4.79 Å². The second kappa shape index (κ2) is 5.95. The number of ketones is 1. The molecule has 0 N–H and O–H groups in total. The molecule has 0 aromatic heterocycles. The van der Waals surface area contributed by atoms with Crippen molar-refractivity contribution in [3.8, 4) is 0 Å². The zero-order valence-electron chi connectivity index (χ0n) is 10.7. The Bertz CT molecular complexity index is 708. The van der Waals surface area contributed by atoms with Crippen LogP contribution in [0.5, 0.6) is 0 Å². The number of carbonyl (C=O) groups excluding carboxylic acids is 1. The van der Waals surface area contributed by atoms with Crippen molar-refractivity contribution in [3.63, 3.8) is 0 Å². The van der Waals surface area contributed by atoms with Gasteiger partial charge >= 0.3 is 0 Å². The molecule has 0 amide bonds. The van der Waals surface area contributed by atoms with E-state index in [4.69, 9.17) is 46.4 Å². The fraction of sp³-hybridized carbons (Fsp3) is 0.133. The molecule has 0 atom stereocenters. The van der Waals surface area contributed by atoms with Gasteiger partial charge in [0, 0.05) is 5.56 Å². The van der Waals surface area contributed by atoms with Crippen LogP contribution in [0.25, 0.3) is 0 Å². The lowest BCUT2D eigenvalue weighted by Gasteiger charge is -2.12. The normalized spacial score (nSPS) is 10.7. The molecular formula is C15H10Cl4O. The van der Waals surface area contributed by atoms with Gasteiger partial charge in [-0.2, -0.15) is 0 Å². The van der Waals surface area contributed by atoms with Crippen LogP contribution in [0.4, 0.5) is 0 Å². The Hall–Kier alpha value is -0.730. The number of aryl methyl sites for hydroxylation is 1. The van der Waals surface area contributed by atoms with Gasteiger partial charge in [-0.15, -0.1) is 0 Å². The number of hydrogen-bond acceptors (Lipinski definition) is 1. The Morgan fingerprint density at radius 1 is 0.950 bits per heavy atom. The number of hydrogen-bond donors (Lipinski definition) is 0. The Morgan fingerprint density at radius 2 is 1.60 bits per heavy atom. The second-order valence-corrected chi connectivity index (χ2v) is 5.99. The fourth-order valence-corrected chi connectivity index (χ4v) is 2.99. The maximum atomic E-state index is 12.7. The van der Waals surface area contributed by atoms with Crippen LogP contribution in [0.2, 0.25) is 20.1 Å². The zero-order chi connectivity index (χ0) is 15.0. The molecule has 0 saturated heterocycles. The standard InChI is InChI=1S/C15H10Cl4O/c1-7-4-3-5-9(8(7)2)15(20)12-10(16)6-11(17)13(18)14(12)19/h3-6H,1-2H3. The van der Waals surface area contributed by atoms with E-state index in [2.05, 4.69) is 0 Å². The third-order valence-corrected chi connectivity index (χ3v) is 4.75. The molecule has 0 saturated carbocycles. The molecule has 0 radical (unpaired) electrons. The van der Waals surface area contributed by atoms with E-state index in [1.165, 1.54) is 6.07 Å². The van der Waals surface area contributed by atoms with Crippen LogP contribution in [-0.4, -0.2) is 5.78 Å². The summed E-state index contributed by atoms with van der Waals surface area (Å²) in [6.45, 7) is 3.81. The molecule has 2 aromatic carbocycles. The second-order valence-electron chi connectivity index (χ2n) is 4.42. The average Bonchev–Trinajstić information content (AvgIpc) is 2.39. The maximum Gasteiger partial charge on any atom is 0.196 e. The summed E-state index contributed by atoms with van der Waals surface area (Å²) >= 11 is 24.1. The van der Waals surface area contributed by atoms with E-state index in [1.54, 1.807) is 6.07 Å². The van der Waals surface area contributed by atoms with E-state index in [0.717, 1.165) is 11.1 Å². The zero-order valence-corrected chi connectivity index (χ0v) is 13.8. The maximum absolute atomic E-state index is 12.7. The first-order chi connectivity index (χ1) is 9.34. The van der Waals surface area contributed by atoms with Crippen molar-refractivity contribution in [2.24, 2.45) is 0 Å². The Balaban J connectivity index is 2.66. The summed E-state index contributed by atoms with van der Waals surface area (Å²) in [4.78, 5) is 12.7. The van der Waals surface area contributed by atoms with Gasteiger partial charge in [0.05, 0.1) is 25.7 Å². The van der Waals surface area contributed by atoms with E-state index in [1.807, 2.05) is 26.0 Å². The third-order valence-electron chi connectivity index (χ3n) is 3.19. The van der Waals surface area contributed by atoms with E-state index in [0.29, 0.717) is 5.56 Å². The molecule has 0 fully saturated rings. The van der Waals surface area contributed by atoms with Crippen LogP contribution < -0.4 is 0 Å². The van der Waals surface area contributed by atoms with Crippen LogP contribution in [0.1, 0.15) is 27.0 Å². The SMILES string of the molecule is Cc1cccc(C(=O)c2c(Cl)cc(Cl)c(Cl)c2Cl)c1C. The predicted octanol–water partition coefficient (Wildman–Crippen LogP) is 6.15. The third kappa shape index (κ3) is 2.68. The molecule has 0 aliphatic carbocycles. The van der Waals surface area contributed by atoms with Crippen molar-refractivity contribution in [1.82, 2.24) is 0 Å². The molecule has 2 aromatic rings. The summed E-state index contributed by atoms with van der Waals surface area (Å²) in [5.74, 6) is -0.264. The Kier molecular flexibility index (Phi) is 4.66. The Labute approximate surface area is 137 Å². The molecule has 0 aliphatic heterocycles. The molecule has 0 bridgehead atoms. The van der Waals surface area contributed by atoms with Crippen LogP contribution in [-0.2, 0) is 0 Å². The van der Waals surface area contributed by atoms with Gasteiger partial charge in [-0.25, -0.2) is 0 Å². The smallest absolute Gasteiger partial charge is 0.196 e. The van der Waals surface area contributed by atoms with Gasteiger partial charge in [0.25, 0.3) is 0 Å². The van der Waals surface area contributed by atoms with Crippen LogP contribution in [0.3, 0.4) is 0 Å². The molecule has 2 rings (SSSR count). The van der Waals surface area contributed by atoms with Gasteiger partial charge in [-0.1, -0.05) is 64.6 Å². The topological polar surface area (TPSA) is 17.1 Å². The number of carbonyl (C=O) groups is 1. The minimum Gasteiger partial charge on any atom is -0.288 e. The van der Waals surface area contributed by atoms with Crippen molar-refractivity contribution in [2.45, 2.75) is 13.8 Å². The van der Waals surface area contributed by atoms with Gasteiger partial charge in [0.1, 0.15) is 0 Å². The van der Waals surface area contributed by atoms with Crippen molar-refractivity contribution in [2.75, 3.05) is 0 Å². The summed E-state index contributed by atoms with van der Waals surface area (Å²) in [7, 11) is 0. The van der Waals surface area contributed by atoms with E-state index < -0.39 is 0 Å². The lowest BCUT2D eigenvalue weighted by molar-refractivity contribution is 0.103. The van der Waals surface area contributed by atoms with Gasteiger partial charge in [0.15, 0.2) is 5.78 Å². The van der Waals surface area contributed by atoms with Crippen molar-refractivity contribution in [1.29, 1.82) is 0 Å². The predicted molar refractivity (Wildman–Crippen MR) is 85.8 cm³/mol. The van der Waals surface area contributed by atoms with E-state index in [-0.39, 0.29) is 31.4 Å². The Morgan fingerprint density at radius 3 is 2.25 bits per heavy atom. The highest BCUT2D eigenvalue weighted by Crippen LogP contribution is 2.38. The average molecular weight is 348 g/mol. The molecule has 0 unspecified atom stereocenters. The van der Waals surface area contributed by atoms with Crippen molar-refractivity contribution < 1.29 is 4.79 Å². The van der Waals surface area contributed by atoms with Crippen LogP contribution in [0, 0.1) is 13.8 Å². The molecular weight excluding hydrogens is 338 g/mol. The summed E-state index contributed by atoms with van der Waals surface area (Å²) in [6, 6.07) is 6.91. The lowest BCUT2D eigenvalue weighted by Crippen LogP contribution is -2.07. The largest absolute Gasteiger partial charge is 0.288 e. The molecule has 1 nitrogen and oxygen atoms in total. The highest BCUT2D eigenvalue weighted by Gasteiger charge is 2.22. The number of rotatable bonds is 2. The first-order valence-electron chi connectivity index (χ1n) is 5.78. The fourth-order valence-electron chi connectivity index (χ4n) is 1.91. The van der Waals surface area contributed by atoms with Gasteiger partial charge < -0.3 is 0 Å². The van der Waals surface area contributed by atoms with Crippen molar-refractivity contribution >= 4 is 52.2 Å². The molecule has 104 valence electrons.